The van der Waals surface area contributed by atoms with Crippen LogP contribution in [0.2, 0.25) is 0 Å². The molecule has 1 N–H and O–H groups in total. The van der Waals surface area contributed by atoms with Crippen LogP contribution in [-0.4, -0.2) is 43.9 Å². The summed E-state index contributed by atoms with van der Waals surface area (Å²) < 4.78 is 12.9. The number of imidazole rings is 1. The van der Waals surface area contributed by atoms with Gasteiger partial charge in [-0.05, 0) is 43.4 Å². The average molecular weight is 552 g/mol. The van der Waals surface area contributed by atoms with Crippen LogP contribution < -0.4 is 9.47 Å². The van der Waals surface area contributed by atoms with Gasteiger partial charge in [-0.3, -0.25) is 14.2 Å². The van der Waals surface area contributed by atoms with Gasteiger partial charge >= 0.3 is 6.01 Å². The van der Waals surface area contributed by atoms with Crippen LogP contribution in [0, 0.1) is 5.92 Å². The Morgan fingerprint density at radius 1 is 1.28 bits per heavy atom. The zero-order valence-corrected chi connectivity index (χ0v) is 20.8. The lowest BCUT2D eigenvalue weighted by Crippen LogP contribution is -2.24. The Labute approximate surface area is 202 Å². The fourth-order valence-electron chi connectivity index (χ4n) is 3.57. The summed E-state index contributed by atoms with van der Waals surface area (Å²) >= 11 is 2.11. The van der Waals surface area contributed by atoms with Crippen molar-refractivity contribution in [1.82, 2.24) is 9.55 Å². The van der Waals surface area contributed by atoms with Gasteiger partial charge in [0.2, 0.25) is 5.78 Å². The molecule has 1 aliphatic rings. The number of carbonyl (C=O) groups is 2. The SMILES string of the molecule is COc1cccc(Oc2nc3c(n2CCC(C)C)C(=O)/C=C(/CCCO)C(=O)C(I)C3)c1. The zero-order valence-electron chi connectivity index (χ0n) is 18.6. The van der Waals surface area contributed by atoms with Crippen LogP contribution in [0.3, 0.4) is 0 Å². The lowest BCUT2D eigenvalue weighted by Gasteiger charge is -2.16. The van der Waals surface area contributed by atoms with E-state index in [2.05, 4.69) is 41.4 Å². The fourth-order valence-corrected chi connectivity index (χ4v) is 4.38. The first kappa shape index (κ1) is 24.4. The summed E-state index contributed by atoms with van der Waals surface area (Å²) in [7, 11) is 1.59. The number of ether oxygens (including phenoxy) is 2. The molecule has 0 amide bonds. The van der Waals surface area contributed by atoms with Gasteiger partial charge in [-0.2, -0.15) is 4.98 Å². The molecule has 172 valence electrons. The van der Waals surface area contributed by atoms with Crippen molar-refractivity contribution in [1.29, 1.82) is 0 Å². The molecule has 0 saturated carbocycles. The quantitative estimate of drug-likeness (QED) is 0.363. The summed E-state index contributed by atoms with van der Waals surface area (Å²) in [5.74, 6) is 1.32. The number of carbonyl (C=O) groups excluding carboxylic acids is 2. The topological polar surface area (TPSA) is 90.7 Å². The summed E-state index contributed by atoms with van der Waals surface area (Å²) in [6.07, 6.45) is 3.43. The van der Waals surface area contributed by atoms with Gasteiger partial charge in [-0.1, -0.05) is 42.5 Å². The van der Waals surface area contributed by atoms with E-state index in [0.29, 0.717) is 66.2 Å². The Bertz CT molecular complexity index is 1010. The monoisotopic (exact) mass is 552 g/mol. The Balaban J connectivity index is 2.06. The number of hydrogen-bond acceptors (Lipinski definition) is 6. The summed E-state index contributed by atoms with van der Waals surface area (Å²) in [6, 6.07) is 7.55. The van der Waals surface area contributed by atoms with Gasteiger partial charge in [0.1, 0.15) is 17.2 Å². The van der Waals surface area contributed by atoms with Gasteiger partial charge in [-0.15, -0.1) is 0 Å². The first-order valence-electron chi connectivity index (χ1n) is 10.8. The average Bonchev–Trinajstić information content (AvgIpc) is 3.10. The maximum atomic E-state index is 13.3. The highest BCUT2D eigenvalue weighted by atomic mass is 127. The van der Waals surface area contributed by atoms with Crippen LogP contribution in [0.15, 0.2) is 35.9 Å². The normalized spacial score (nSPS) is 18.1. The molecule has 1 aromatic heterocycles. The highest BCUT2D eigenvalue weighted by molar-refractivity contribution is 14.1. The van der Waals surface area contributed by atoms with Gasteiger partial charge in [0, 0.05) is 31.2 Å². The standard InChI is InChI=1S/C24H29IN2O5/c1-15(2)9-10-27-22-20(26-24(27)32-18-8-4-7-17(13-18)31-3)14-19(25)23(30)16(6-5-11-28)12-21(22)29/h4,7-8,12-13,15,19,28H,5-6,9-11,14H2,1-3H3/b16-12-. The second-order valence-corrected chi connectivity index (χ2v) is 9.71. The Morgan fingerprint density at radius 2 is 2.03 bits per heavy atom. The van der Waals surface area contributed by atoms with E-state index in [1.807, 2.05) is 16.7 Å². The number of Topliss-reactive ketones (excluding diaryl/α,β-unsaturated/α-hetero) is 1. The van der Waals surface area contributed by atoms with Crippen LogP contribution in [0.1, 0.15) is 49.3 Å². The molecule has 1 unspecified atom stereocenters. The molecular formula is C24H29IN2O5. The van der Waals surface area contributed by atoms with Gasteiger partial charge in [0.25, 0.3) is 0 Å². The third-order valence-electron chi connectivity index (χ3n) is 5.30. The molecule has 3 rings (SSSR count). The summed E-state index contributed by atoms with van der Waals surface area (Å²) in [6.45, 7) is 4.79. The number of aromatic nitrogens is 2. The number of hydrogen-bond donors (Lipinski definition) is 1. The Hall–Kier alpha value is -2.20. The minimum atomic E-state index is -0.345. The largest absolute Gasteiger partial charge is 0.497 e. The number of allylic oxidation sites excluding steroid dienone is 2. The Morgan fingerprint density at radius 3 is 2.72 bits per heavy atom. The van der Waals surface area contributed by atoms with Crippen molar-refractivity contribution in [3.8, 4) is 17.5 Å². The first-order valence-corrected chi connectivity index (χ1v) is 12.0. The van der Waals surface area contributed by atoms with E-state index in [0.717, 1.165) is 6.42 Å². The number of methoxy groups -OCH3 is 1. The van der Waals surface area contributed by atoms with E-state index in [-0.39, 0.29) is 22.1 Å². The number of fused-ring (bicyclic) bond motifs is 1. The third-order valence-corrected chi connectivity index (χ3v) is 6.31. The molecule has 0 bridgehead atoms. The predicted molar refractivity (Wildman–Crippen MR) is 130 cm³/mol. The summed E-state index contributed by atoms with van der Waals surface area (Å²) in [4.78, 5) is 30.8. The van der Waals surface area contributed by atoms with Crippen molar-refractivity contribution >= 4 is 34.2 Å². The molecule has 0 spiro atoms. The maximum Gasteiger partial charge on any atom is 0.302 e. The number of aliphatic hydroxyl groups is 1. The predicted octanol–water partition coefficient (Wildman–Crippen LogP) is 4.54. The molecule has 1 heterocycles. The molecule has 0 saturated heterocycles. The number of halogens is 1. The molecule has 1 aliphatic carbocycles. The molecule has 8 heteroatoms. The second kappa shape index (κ2) is 11.1. The van der Waals surface area contributed by atoms with Crippen LogP contribution in [-0.2, 0) is 17.8 Å². The lowest BCUT2D eigenvalue weighted by atomic mass is 9.95. The van der Waals surface area contributed by atoms with E-state index >= 15 is 0 Å². The van der Waals surface area contributed by atoms with E-state index in [1.54, 1.807) is 19.2 Å². The maximum absolute atomic E-state index is 13.3. The second-order valence-electron chi connectivity index (χ2n) is 8.20. The number of ketones is 2. The number of benzene rings is 1. The Kier molecular flexibility index (Phi) is 8.47. The highest BCUT2D eigenvalue weighted by Crippen LogP contribution is 2.31. The van der Waals surface area contributed by atoms with Crippen LogP contribution in [0.5, 0.6) is 17.5 Å². The van der Waals surface area contributed by atoms with Gasteiger partial charge < -0.3 is 14.6 Å². The lowest BCUT2D eigenvalue weighted by molar-refractivity contribution is -0.115. The van der Waals surface area contributed by atoms with Crippen LogP contribution in [0.4, 0.5) is 0 Å². The van der Waals surface area contributed by atoms with E-state index in [4.69, 9.17) is 9.47 Å². The smallest absolute Gasteiger partial charge is 0.302 e. The summed E-state index contributed by atoms with van der Waals surface area (Å²) in [5.41, 5.74) is 1.50. The van der Waals surface area contributed by atoms with Crippen molar-refractivity contribution in [2.75, 3.05) is 13.7 Å². The molecule has 1 aromatic carbocycles. The minimum absolute atomic E-state index is 0.0270. The number of nitrogens with zero attached hydrogens (tertiary/aromatic N) is 2. The van der Waals surface area contributed by atoms with Gasteiger partial charge in [0.15, 0.2) is 5.78 Å². The van der Waals surface area contributed by atoms with Crippen molar-refractivity contribution in [3.05, 3.63) is 47.3 Å². The molecule has 0 fully saturated rings. The van der Waals surface area contributed by atoms with Gasteiger partial charge in [0.05, 0.1) is 16.7 Å². The van der Waals surface area contributed by atoms with Crippen molar-refractivity contribution in [3.63, 3.8) is 0 Å². The molecule has 32 heavy (non-hydrogen) atoms. The van der Waals surface area contributed by atoms with Crippen LogP contribution in [0.25, 0.3) is 0 Å². The van der Waals surface area contributed by atoms with E-state index in [9.17, 15) is 14.7 Å². The molecule has 0 radical (unpaired) electrons. The molecule has 2 aromatic rings. The van der Waals surface area contributed by atoms with E-state index < -0.39 is 0 Å². The van der Waals surface area contributed by atoms with Crippen molar-refractivity contribution in [2.45, 2.75) is 50.0 Å². The fraction of sp³-hybridized carbons (Fsp3) is 0.458. The van der Waals surface area contributed by atoms with Gasteiger partial charge in [-0.25, -0.2) is 0 Å². The minimum Gasteiger partial charge on any atom is -0.497 e. The molecule has 0 aliphatic heterocycles. The van der Waals surface area contributed by atoms with E-state index in [1.165, 1.54) is 6.08 Å². The van der Waals surface area contributed by atoms with Crippen molar-refractivity contribution in [2.24, 2.45) is 5.92 Å². The molecule has 1 atom stereocenters. The molecular weight excluding hydrogens is 523 g/mol. The third kappa shape index (κ3) is 5.78. The molecule has 7 nitrogen and oxygen atoms in total. The highest BCUT2D eigenvalue weighted by Gasteiger charge is 2.31. The van der Waals surface area contributed by atoms with Crippen LogP contribution >= 0.6 is 22.6 Å². The van der Waals surface area contributed by atoms with Crippen molar-refractivity contribution < 1.29 is 24.2 Å². The number of alkyl halides is 1. The zero-order chi connectivity index (χ0) is 23.3. The number of rotatable bonds is 9. The first-order chi connectivity index (χ1) is 15.3. The summed E-state index contributed by atoms with van der Waals surface area (Å²) in [5, 5.41) is 9.18. The number of aliphatic hydroxyl groups excluding tert-OH is 1.